The van der Waals surface area contributed by atoms with E-state index in [4.69, 9.17) is 9.84 Å². The summed E-state index contributed by atoms with van der Waals surface area (Å²) in [6.45, 7) is 8.58. The predicted octanol–water partition coefficient (Wildman–Crippen LogP) is 3.50. The highest BCUT2D eigenvalue weighted by Gasteiger charge is 2.25. The number of likely N-dealkylation sites (tertiary alicyclic amines) is 1. The fourth-order valence-corrected chi connectivity index (χ4v) is 4.77. The Bertz CT molecular complexity index is 1220. The summed E-state index contributed by atoms with van der Waals surface area (Å²) in [5.74, 6) is 0.358. The van der Waals surface area contributed by atoms with E-state index in [1.165, 1.54) is 0 Å². The molecule has 0 bridgehead atoms. The van der Waals surface area contributed by atoms with E-state index in [1.54, 1.807) is 33.1 Å². The Morgan fingerprint density at radius 2 is 1.83 bits per heavy atom. The highest BCUT2D eigenvalue weighted by atomic mass is 16.5. The third-order valence-corrected chi connectivity index (χ3v) is 7.03. The molecule has 0 saturated carbocycles. The number of fused-ring (bicyclic) bond motifs is 1. The standard InChI is InChI=1S/C28H36N4O4/c1-19-23(26(33)29-13-16-36-4)9-10-25-24(19)18-32(30-25)17-20-11-14-31(15-12-20)27(34)21-5-7-22(8-6-21)28(2,3)35/h5-10,18,20,35H,11-17H2,1-4H3,(H,29,33). The van der Waals surface area contributed by atoms with Crippen LogP contribution in [-0.4, -0.2) is 65.0 Å². The quantitative estimate of drug-likeness (QED) is 0.469. The first-order valence-electron chi connectivity index (χ1n) is 12.5. The molecule has 36 heavy (non-hydrogen) atoms. The Labute approximate surface area is 212 Å². The zero-order valence-electron chi connectivity index (χ0n) is 21.6. The van der Waals surface area contributed by atoms with Crippen molar-refractivity contribution >= 4 is 22.7 Å². The summed E-state index contributed by atoms with van der Waals surface area (Å²) in [6, 6.07) is 11.0. The number of methoxy groups -OCH3 is 1. The van der Waals surface area contributed by atoms with Crippen molar-refractivity contribution in [2.75, 3.05) is 33.4 Å². The minimum atomic E-state index is -0.923. The maximum atomic E-state index is 13.0. The number of nitrogens with zero attached hydrogens (tertiary/aromatic N) is 3. The lowest BCUT2D eigenvalue weighted by Crippen LogP contribution is -2.39. The van der Waals surface area contributed by atoms with Crippen molar-refractivity contribution in [2.24, 2.45) is 5.92 Å². The molecule has 2 amide bonds. The highest BCUT2D eigenvalue weighted by molar-refractivity contribution is 6.00. The summed E-state index contributed by atoms with van der Waals surface area (Å²) >= 11 is 0. The predicted molar refractivity (Wildman–Crippen MR) is 139 cm³/mol. The number of hydrogen-bond acceptors (Lipinski definition) is 5. The number of aryl methyl sites for hydroxylation is 1. The van der Waals surface area contributed by atoms with Crippen LogP contribution in [0.5, 0.6) is 0 Å². The van der Waals surface area contributed by atoms with Gasteiger partial charge in [0, 0.05) is 56.0 Å². The first kappa shape index (κ1) is 25.9. The second kappa shape index (κ2) is 10.8. The number of amides is 2. The molecule has 1 aliphatic heterocycles. The van der Waals surface area contributed by atoms with Gasteiger partial charge in [-0.05, 0) is 74.9 Å². The van der Waals surface area contributed by atoms with E-state index in [-0.39, 0.29) is 11.8 Å². The van der Waals surface area contributed by atoms with Gasteiger partial charge >= 0.3 is 0 Å². The first-order chi connectivity index (χ1) is 17.2. The summed E-state index contributed by atoms with van der Waals surface area (Å²) in [6.07, 6.45) is 3.85. The molecule has 3 aromatic rings. The molecule has 1 saturated heterocycles. The van der Waals surface area contributed by atoms with Gasteiger partial charge in [-0.3, -0.25) is 14.3 Å². The van der Waals surface area contributed by atoms with Crippen LogP contribution in [-0.2, 0) is 16.9 Å². The smallest absolute Gasteiger partial charge is 0.253 e. The molecule has 2 aromatic carbocycles. The molecular formula is C28H36N4O4. The van der Waals surface area contributed by atoms with Crippen LogP contribution in [0, 0.1) is 12.8 Å². The monoisotopic (exact) mass is 492 g/mol. The minimum absolute atomic E-state index is 0.0347. The Kier molecular flexibility index (Phi) is 7.76. The number of aromatic nitrogens is 2. The second-order valence-corrected chi connectivity index (χ2v) is 10.1. The van der Waals surface area contributed by atoms with E-state index in [0.717, 1.165) is 41.4 Å². The summed E-state index contributed by atoms with van der Waals surface area (Å²) in [7, 11) is 1.61. The van der Waals surface area contributed by atoms with Crippen molar-refractivity contribution in [3.05, 3.63) is 64.8 Å². The number of piperidine rings is 1. The number of rotatable bonds is 8. The number of nitrogens with one attached hydrogen (secondary N) is 1. The lowest BCUT2D eigenvalue weighted by Gasteiger charge is -2.32. The molecule has 8 nitrogen and oxygen atoms in total. The van der Waals surface area contributed by atoms with Gasteiger partial charge in [0.15, 0.2) is 0 Å². The molecule has 1 fully saturated rings. The van der Waals surface area contributed by atoms with E-state index in [0.29, 0.717) is 43.3 Å². The Morgan fingerprint density at radius 1 is 1.14 bits per heavy atom. The number of carbonyl (C=O) groups is 2. The van der Waals surface area contributed by atoms with E-state index in [9.17, 15) is 14.7 Å². The molecule has 2 N–H and O–H groups in total. The van der Waals surface area contributed by atoms with Gasteiger partial charge < -0.3 is 20.1 Å². The molecule has 0 atom stereocenters. The minimum Gasteiger partial charge on any atom is -0.386 e. The molecule has 0 unspecified atom stereocenters. The van der Waals surface area contributed by atoms with Gasteiger partial charge in [-0.1, -0.05) is 12.1 Å². The Balaban J connectivity index is 1.35. The fraction of sp³-hybridized carbons (Fsp3) is 0.464. The van der Waals surface area contributed by atoms with Gasteiger partial charge in [0.05, 0.1) is 17.7 Å². The number of carbonyl (C=O) groups excluding carboxylic acids is 2. The van der Waals surface area contributed by atoms with Crippen molar-refractivity contribution in [3.8, 4) is 0 Å². The molecule has 2 heterocycles. The van der Waals surface area contributed by atoms with Crippen LogP contribution in [0.25, 0.3) is 10.9 Å². The van der Waals surface area contributed by atoms with Gasteiger partial charge in [0.2, 0.25) is 0 Å². The molecule has 0 spiro atoms. The third-order valence-electron chi connectivity index (χ3n) is 7.03. The van der Waals surface area contributed by atoms with E-state index >= 15 is 0 Å². The number of ether oxygens (including phenoxy) is 1. The average Bonchev–Trinajstić information content (AvgIpc) is 3.27. The summed E-state index contributed by atoms with van der Waals surface area (Å²) < 4.78 is 6.98. The lowest BCUT2D eigenvalue weighted by molar-refractivity contribution is 0.0678. The maximum absolute atomic E-state index is 13.0. The number of benzene rings is 2. The average molecular weight is 493 g/mol. The normalized spacial score (nSPS) is 14.9. The largest absolute Gasteiger partial charge is 0.386 e. The van der Waals surface area contributed by atoms with Crippen molar-refractivity contribution < 1.29 is 19.4 Å². The highest BCUT2D eigenvalue weighted by Crippen LogP contribution is 2.25. The lowest BCUT2D eigenvalue weighted by atomic mass is 9.95. The van der Waals surface area contributed by atoms with Crippen LogP contribution in [0.15, 0.2) is 42.6 Å². The fourth-order valence-electron chi connectivity index (χ4n) is 4.77. The Hall–Kier alpha value is -3.23. The van der Waals surface area contributed by atoms with Crippen LogP contribution in [0.4, 0.5) is 0 Å². The van der Waals surface area contributed by atoms with Crippen molar-refractivity contribution in [1.29, 1.82) is 0 Å². The first-order valence-corrected chi connectivity index (χ1v) is 12.5. The molecule has 1 aliphatic rings. The molecule has 1 aromatic heterocycles. The van der Waals surface area contributed by atoms with Crippen LogP contribution in [0.2, 0.25) is 0 Å². The van der Waals surface area contributed by atoms with E-state index in [1.807, 2.05) is 47.0 Å². The molecule has 192 valence electrons. The maximum Gasteiger partial charge on any atom is 0.253 e. The van der Waals surface area contributed by atoms with Crippen LogP contribution in [0.1, 0.15) is 58.5 Å². The summed E-state index contributed by atoms with van der Waals surface area (Å²) in [4.78, 5) is 27.4. The molecular weight excluding hydrogens is 456 g/mol. The van der Waals surface area contributed by atoms with Crippen molar-refractivity contribution in [1.82, 2.24) is 20.0 Å². The third kappa shape index (κ3) is 5.77. The van der Waals surface area contributed by atoms with Crippen molar-refractivity contribution in [3.63, 3.8) is 0 Å². The van der Waals surface area contributed by atoms with Crippen molar-refractivity contribution in [2.45, 2.75) is 45.8 Å². The summed E-state index contributed by atoms with van der Waals surface area (Å²) in [5.41, 5.74) is 2.97. The molecule has 4 rings (SSSR count). The summed E-state index contributed by atoms with van der Waals surface area (Å²) in [5, 5.41) is 18.7. The second-order valence-electron chi connectivity index (χ2n) is 10.1. The molecule has 0 aliphatic carbocycles. The SMILES string of the molecule is COCCNC(=O)c1ccc2nn(CC3CCN(C(=O)c4ccc(C(C)(C)O)cc4)CC3)cc2c1C. The number of aliphatic hydroxyl groups is 1. The van der Waals surface area contributed by atoms with Gasteiger partial charge in [-0.15, -0.1) is 0 Å². The van der Waals surface area contributed by atoms with E-state index < -0.39 is 5.60 Å². The topological polar surface area (TPSA) is 96.7 Å². The zero-order chi connectivity index (χ0) is 25.9. The Morgan fingerprint density at radius 3 is 2.47 bits per heavy atom. The van der Waals surface area contributed by atoms with Crippen LogP contribution >= 0.6 is 0 Å². The van der Waals surface area contributed by atoms with E-state index in [2.05, 4.69) is 5.32 Å². The van der Waals surface area contributed by atoms with Gasteiger partial charge in [0.25, 0.3) is 11.8 Å². The molecule has 0 radical (unpaired) electrons. The van der Waals surface area contributed by atoms with Gasteiger partial charge in [-0.2, -0.15) is 5.10 Å². The van der Waals surface area contributed by atoms with Gasteiger partial charge in [-0.25, -0.2) is 0 Å². The number of hydrogen-bond donors (Lipinski definition) is 2. The zero-order valence-corrected chi connectivity index (χ0v) is 21.6. The van der Waals surface area contributed by atoms with Gasteiger partial charge in [0.1, 0.15) is 0 Å². The van der Waals surface area contributed by atoms with Crippen LogP contribution < -0.4 is 5.32 Å². The van der Waals surface area contributed by atoms with Crippen LogP contribution in [0.3, 0.4) is 0 Å². The molecule has 8 heteroatoms.